The van der Waals surface area contributed by atoms with Crippen molar-refractivity contribution in [3.05, 3.63) is 41.3 Å². The summed E-state index contributed by atoms with van der Waals surface area (Å²) in [5.74, 6) is 0.308. The van der Waals surface area contributed by atoms with Gasteiger partial charge in [0.15, 0.2) is 9.84 Å². The van der Waals surface area contributed by atoms with Gasteiger partial charge in [-0.05, 0) is 47.9 Å². The molecule has 5 nitrogen and oxygen atoms in total. The Kier molecular flexibility index (Phi) is 3.78. The molecule has 8 heteroatoms. The van der Waals surface area contributed by atoms with Crippen molar-refractivity contribution >= 4 is 36.9 Å². The lowest BCUT2D eigenvalue weighted by atomic mass is 10.2. The van der Waals surface area contributed by atoms with Gasteiger partial charge in [-0.25, -0.2) is 16.8 Å². The number of sulfone groups is 1. The standard InChI is InChI=1S/C14H15NO4S3/c1-21(16,17)13-5-3-2-4-12(13)15-22(18,19)14-11(8-9-20-14)10-6-7-10/h2-5,8-10,15H,6-7H2,1H3. The lowest BCUT2D eigenvalue weighted by Gasteiger charge is -2.11. The third kappa shape index (κ3) is 3.04. The summed E-state index contributed by atoms with van der Waals surface area (Å²) in [6, 6.07) is 7.85. The third-order valence-corrected chi connectivity index (χ3v) is 7.49. The van der Waals surface area contributed by atoms with Gasteiger partial charge in [0.05, 0.1) is 10.6 Å². The Morgan fingerprint density at radius 2 is 1.77 bits per heavy atom. The highest BCUT2D eigenvalue weighted by atomic mass is 32.2. The molecule has 1 N–H and O–H groups in total. The number of sulfonamides is 1. The number of hydrogen-bond acceptors (Lipinski definition) is 5. The maximum absolute atomic E-state index is 12.6. The molecule has 1 saturated carbocycles. The molecule has 0 bridgehead atoms. The molecule has 22 heavy (non-hydrogen) atoms. The molecular formula is C14H15NO4S3. The van der Waals surface area contributed by atoms with Gasteiger partial charge >= 0.3 is 0 Å². The topological polar surface area (TPSA) is 80.3 Å². The summed E-state index contributed by atoms with van der Waals surface area (Å²) in [5.41, 5.74) is 0.912. The molecule has 1 fully saturated rings. The molecule has 1 aliphatic carbocycles. The zero-order valence-corrected chi connectivity index (χ0v) is 14.3. The number of anilines is 1. The highest BCUT2D eigenvalue weighted by Crippen LogP contribution is 2.45. The second kappa shape index (κ2) is 5.36. The maximum atomic E-state index is 12.6. The van der Waals surface area contributed by atoms with Crippen LogP contribution in [-0.4, -0.2) is 23.1 Å². The predicted octanol–water partition coefficient (Wildman–Crippen LogP) is 2.83. The highest BCUT2D eigenvalue weighted by molar-refractivity contribution is 7.95. The van der Waals surface area contributed by atoms with Gasteiger partial charge < -0.3 is 0 Å². The fraction of sp³-hybridized carbons (Fsp3) is 0.286. The summed E-state index contributed by atoms with van der Waals surface area (Å²) >= 11 is 1.16. The minimum absolute atomic E-state index is 0.0249. The average Bonchev–Trinajstić information content (AvgIpc) is 3.14. The summed E-state index contributed by atoms with van der Waals surface area (Å²) in [5, 5.41) is 1.75. The van der Waals surface area contributed by atoms with Crippen molar-refractivity contribution in [1.29, 1.82) is 0 Å². The molecule has 1 aliphatic rings. The second-order valence-electron chi connectivity index (χ2n) is 5.31. The molecule has 0 aliphatic heterocycles. The Labute approximate surface area is 134 Å². The second-order valence-corrected chi connectivity index (χ2v) is 10.1. The zero-order valence-electron chi connectivity index (χ0n) is 11.8. The van der Waals surface area contributed by atoms with E-state index in [4.69, 9.17) is 0 Å². The summed E-state index contributed by atoms with van der Waals surface area (Å²) in [6.45, 7) is 0. The summed E-state index contributed by atoms with van der Waals surface area (Å²) < 4.78 is 51.5. The van der Waals surface area contributed by atoms with Gasteiger partial charge in [-0.1, -0.05) is 12.1 Å². The van der Waals surface area contributed by atoms with Gasteiger partial charge in [0, 0.05) is 6.26 Å². The van der Waals surface area contributed by atoms with Crippen molar-refractivity contribution in [3.63, 3.8) is 0 Å². The minimum atomic E-state index is -3.78. The van der Waals surface area contributed by atoms with Crippen molar-refractivity contribution < 1.29 is 16.8 Å². The molecule has 3 rings (SSSR count). The minimum Gasteiger partial charge on any atom is -0.278 e. The number of rotatable bonds is 5. The number of benzene rings is 1. The Morgan fingerprint density at radius 3 is 2.41 bits per heavy atom. The molecule has 1 heterocycles. The Bertz CT molecular complexity index is 909. The Balaban J connectivity index is 2.01. The van der Waals surface area contributed by atoms with Crippen LogP contribution in [0.5, 0.6) is 0 Å². The van der Waals surface area contributed by atoms with Crippen LogP contribution >= 0.6 is 11.3 Å². The molecule has 0 atom stereocenters. The average molecular weight is 357 g/mol. The van der Waals surface area contributed by atoms with Gasteiger partial charge in [-0.3, -0.25) is 4.72 Å². The first kappa shape index (κ1) is 15.5. The molecule has 0 spiro atoms. The number of nitrogens with one attached hydrogen (secondary N) is 1. The smallest absolute Gasteiger partial charge is 0.271 e. The molecule has 0 saturated heterocycles. The molecule has 0 unspecified atom stereocenters. The van der Waals surface area contributed by atoms with Crippen molar-refractivity contribution in [2.45, 2.75) is 27.9 Å². The first-order chi connectivity index (χ1) is 10.3. The number of para-hydroxylation sites is 1. The van der Waals surface area contributed by atoms with E-state index in [0.29, 0.717) is 5.92 Å². The SMILES string of the molecule is CS(=O)(=O)c1ccccc1NS(=O)(=O)c1sccc1C1CC1. The van der Waals surface area contributed by atoms with Gasteiger partial charge in [0.1, 0.15) is 4.21 Å². The van der Waals surface area contributed by atoms with Crippen LogP contribution in [0.2, 0.25) is 0 Å². The van der Waals surface area contributed by atoms with Crippen LogP contribution in [0.4, 0.5) is 5.69 Å². The van der Waals surface area contributed by atoms with Crippen molar-refractivity contribution in [2.75, 3.05) is 11.0 Å². The van der Waals surface area contributed by atoms with Crippen LogP contribution in [0.25, 0.3) is 0 Å². The molecular weight excluding hydrogens is 342 g/mol. The maximum Gasteiger partial charge on any atom is 0.271 e. The van der Waals surface area contributed by atoms with E-state index in [1.807, 2.05) is 6.07 Å². The molecule has 2 aromatic rings. The molecule has 1 aromatic heterocycles. The summed E-state index contributed by atoms with van der Waals surface area (Å²) in [4.78, 5) is -0.0249. The van der Waals surface area contributed by atoms with E-state index in [2.05, 4.69) is 4.72 Å². The van der Waals surface area contributed by atoms with Crippen molar-refractivity contribution in [2.24, 2.45) is 0 Å². The first-order valence-electron chi connectivity index (χ1n) is 6.68. The van der Waals surface area contributed by atoms with Crippen LogP contribution in [0.1, 0.15) is 24.3 Å². The van der Waals surface area contributed by atoms with E-state index in [0.717, 1.165) is 36.0 Å². The quantitative estimate of drug-likeness (QED) is 0.892. The van der Waals surface area contributed by atoms with E-state index in [-0.39, 0.29) is 14.8 Å². The van der Waals surface area contributed by atoms with E-state index >= 15 is 0 Å². The van der Waals surface area contributed by atoms with E-state index in [1.165, 1.54) is 12.1 Å². The van der Waals surface area contributed by atoms with Crippen LogP contribution in [0.15, 0.2) is 44.8 Å². The third-order valence-electron chi connectivity index (χ3n) is 3.45. The monoisotopic (exact) mass is 357 g/mol. The molecule has 0 radical (unpaired) electrons. The summed E-state index contributed by atoms with van der Waals surface area (Å²) in [7, 11) is -7.30. The normalized spacial score (nSPS) is 15.7. The van der Waals surface area contributed by atoms with E-state index < -0.39 is 19.9 Å². The van der Waals surface area contributed by atoms with Crippen LogP contribution in [0, 0.1) is 0 Å². The van der Waals surface area contributed by atoms with Crippen LogP contribution < -0.4 is 4.72 Å². The zero-order chi connectivity index (χ0) is 16.0. The largest absolute Gasteiger partial charge is 0.278 e. The van der Waals surface area contributed by atoms with Crippen LogP contribution in [-0.2, 0) is 19.9 Å². The van der Waals surface area contributed by atoms with Gasteiger partial charge in [-0.15, -0.1) is 11.3 Å². The highest BCUT2D eigenvalue weighted by Gasteiger charge is 2.32. The van der Waals surface area contributed by atoms with Gasteiger partial charge in [0.2, 0.25) is 0 Å². The van der Waals surface area contributed by atoms with Crippen molar-refractivity contribution in [1.82, 2.24) is 0 Å². The summed E-state index contributed by atoms with van der Waals surface area (Å²) in [6.07, 6.45) is 3.05. The lowest BCUT2D eigenvalue weighted by Crippen LogP contribution is -2.15. The molecule has 0 amide bonds. The van der Waals surface area contributed by atoms with E-state index in [1.54, 1.807) is 17.5 Å². The number of hydrogen-bond donors (Lipinski definition) is 1. The van der Waals surface area contributed by atoms with Gasteiger partial charge in [-0.2, -0.15) is 0 Å². The van der Waals surface area contributed by atoms with Crippen LogP contribution in [0.3, 0.4) is 0 Å². The van der Waals surface area contributed by atoms with E-state index in [9.17, 15) is 16.8 Å². The lowest BCUT2D eigenvalue weighted by molar-refractivity contribution is 0.601. The fourth-order valence-corrected chi connectivity index (χ4v) is 5.81. The Hall–Kier alpha value is -1.38. The molecule has 118 valence electrons. The van der Waals surface area contributed by atoms with Gasteiger partial charge in [0.25, 0.3) is 10.0 Å². The fourth-order valence-electron chi connectivity index (χ4n) is 2.29. The molecule has 1 aromatic carbocycles. The number of thiophene rings is 1. The Morgan fingerprint density at radius 1 is 1.09 bits per heavy atom. The predicted molar refractivity (Wildman–Crippen MR) is 86.7 cm³/mol. The van der Waals surface area contributed by atoms with Crippen molar-refractivity contribution in [3.8, 4) is 0 Å². The first-order valence-corrected chi connectivity index (χ1v) is 10.9.